The van der Waals surface area contributed by atoms with Crippen molar-refractivity contribution < 1.29 is 14.0 Å². The van der Waals surface area contributed by atoms with Crippen LogP contribution < -0.4 is 5.32 Å². The summed E-state index contributed by atoms with van der Waals surface area (Å²) in [5.41, 5.74) is 2.41. The molecule has 2 aromatic carbocycles. The van der Waals surface area contributed by atoms with Gasteiger partial charge in [0.15, 0.2) is 0 Å². The molecule has 3 rings (SSSR count). The minimum Gasteiger partial charge on any atom is -0.350 e. The largest absolute Gasteiger partial charge is 0.350 e. The van der Waals surface area contributed by atoms with Gasteiger partial charge in [0.25, 0.3) is 5.91 Å². The Bertz CT molecular complexity index is 743. The average Bonchev–Trinajstić information content (AvgIpc) is 2.90. The van der Waals surface area contributed by atoms with Gasteiger partial charge in [0.2, 0.25) is 5.91 Å². The molecule has 0 fully saturated rings. The van der Waals surface area contributed by atoms with Crippen molar-refractivity contribution >= 4 is 11.8 Å². The van der Waals surface area contributed by atoms with Gasteiger partial charge in [0, 0.05) is 18.7 Å². The summed E-state index contributed by atoms with van der Waals surface area (Å²) in [4.78, 5) is 26.2. The molecular weight excluding hydrogens is 295 g/mol. The summed E-state index contributed by atoms with van der Waals surface area (Å²) in [5, 5.41) is 2.79. The van der Waals surface area contributed by atoms with E-state index in [2.05, 4.69) is 5.32 Å². The van der Waals surface area contributed by atoms with Gasteiger partial charge < -0.3 is 10.2 Å². The maximum atomic E-state index is 12.9. The Hall–Kier alpha value is -2.69. The molecule has 4 nitrogen and oxygen atoms in total. The third-order valence-corrected chi connectivity index (χ3v) is 4.08. The monoisotopic (exact) mass is 312 g/mol. The smallest absolute Gasteiger partial charge is 0.255 e. The molecule has 2 aromatic rings. The highest BCUT2D eigenvalue weighted by Gasteiger charge is 2.33. The number of carbonyl (C=O) groups excluding carboxylic acids is 2. The highest BCUT2D eigenvalue weighted by Crippen LogP contribution is 2.24. The molecule has 5 heteroatoms. The van der Waals surface area contributed by atoms with E-state index in [4.69, 9.17) is 0 Å². The molecule has 1 atom stereocenters. The molecule has 1 N–H and O–H groups in total. The second-order valence-electron chi connectivity index (χ2n) is 5.61. The molecule has 0 saturated carbocycles. The van der Waals surface area contributed by atoms with E-state index in [-0.39, 0.29) is 17.6 Å². The first kappa shape index (κ1) is 15.2. The quantitative estimate of drug-likeness (QED) is 0.943. The van der Waals surface area contributed by atoms with E-state index in [1.807, 2.05) is 18.2 Å². The van der Waals surface area contributed by atoms with Crippen LogP contribution in [0.1, 0.15) is 28.4 Å². The standard InChI is InChI=1S/C18H17FN2O2/c1-12(17(22)20-10-13-6-8-15(19)9-7-13)21-11-14-4-2-3-5-16(14)18(21)23/h2-9,12H,10-11H2,1H3,(H,20,22)/t12-/m0/s1. The molecule has 0 unspecified atom stereocenters. The van der Waals surface area contributed by atoms with Crippen LogP contribution in [0.2, 0.25) is 0 Å². The first-order chi connectivity index (χ1) is 11.1. The average molecular weight is 312 g/mol. The number of amides is 2. The van der Waals surface area contributed by atoms with E-state index >= 15 is 0 Å². The number of rotatable bonds is 4. The fraction of sp³-hybridized carbons (Fsp3) is 0.222. The van der Waals surface area contributed by atoms with E-state index in [0.29, 0.717) is 18.7 Å². The van der Waals surface area contributed by atoms with E-state index in [9.17, 15) is 14.0 Å². The molecule has 1 aliphatic rings. The van der Waals surface area contributed by atoms with Gasteiger partial charge in [-0.3, -0.25) is 9.59 Å². The van der Waals surface area contributed by atoms with Crippen molar-refractivity contribution in [2.24, 2.45) is 0 Å². The predicted molar refractivity (Wildman–Crippen MR) is 84.0 cm³/mol. The molecule has 118 valence electrons. The van der Waals surface area contributed by atoms with E-state index in [0.717, 1.165) is 11.1 Å². The number of nitrogens with one attached hydrogen (secondary N) is 1. The lowest BCUT2D eigenvalue weighted by molar-refractivity contribution is -0.125. The number of benzene rings is 2. The zero-order valence-electron chi connectivity index (χ0n) is 12.8. The Morgan fingerprint density at radius 2 is 1.91 bits per heavy atom. The summed E-state index contributed by atoms with van der Waals surface area (Å²) < 4.78 is 12.9. The van der Waals surface area contributed by atoms with E-state index in [1.165, 1.54) is 12.1 Å². The molecule has 0 bridgehead atoms. The van der Waals surface area contributed by atoms with Crippen LogP contribution in [0.15, 0.2) is 48.5 Å². The molecule has 0 aromatic heterocycles. The van der Waals surface area contributed by atoms with Crippen molar-refractivity contribution in [2.45, 2.75) is 26.1 Å². The first-order valence-electron chi connectivity index (χ1n) is 7.47. The topological polar surface area (TPSA) is 49.4 Å². The number of fused-ring (bicyclic) bond motifs is 1. The maximum absolute atomic E-state index is 12.9. The SMILES string of the molecule is C[C@@H](C(=O)NCc1ccc(F)cc1)N1Cc2ccccc2C1=O. The fourth-order valence-electron chi connectivity index (χ4n) is 2.67. The molecule has 23 heavy (non-hydrogen) atoms. The molecule has 0 aliphatic carbocycles. The van der Waals surface area contributed by atoms with Crippen LogP contribution in [0.25, 0.3) is 0 Å². The molecule has 1 heterocycles. The van der Waals surface area contributed by atoms with Gasteiger partial charge >= 0.3 is 0 Å². The van der Waals surface area contributed by atoms with Crippen LogP contribution >= 0.6 is 0 Å². The molecule has 0 radical (unpaired) electrons. The van der Waals surface area contributed by atoms with Crippen LogP contribution in [-0.2, 0) is 17.9 Å². The van der Waals surface area contributed by atoms with Gasteiger partial charge in [-0.25, -0.2) is 4.39 Å². The van der Waals surface area contributed by atoms with Crippen molar-refractivity contribution in [1.82, 2.24) is 10.2 Å². The van der Waals surface area contributed by atoms with Crippen molar-refractivity contribution in [3.63, 3.8) is 0 Å². The number of halogens is 1. The Morgan fingerprint density at radius 3 is 2.61 bits per heavy atom. The van der Waals surface area contributed by atoms with E-state index in [1.54, 1.807) is 30.0 Å². The molecule has 2 amide bonds. The lowest BCUT2D eigenvalue weighted by Gasteiger charge is -2.23. The molecule has 0 spiro atoms. The number of hydrogen-bond donors (Lipinski definition) is 1. The lowest BCUT2D eigenvalue weighted by Crippen LogP contribution is -2.45. The second kappa shape index (κ2) is 6.20. The Morgan fingerprint density at radius 1 is 1.22 bits per heavy atom. The Balaban J connectivity index is 1.62. The van der Waals surface area contributed by atoms with Crippen LogP contribution in [0.3, 0.4) is 0 Å². The van der Waals surface area contributed by atoms with Crippen molar-refractivity contribution in [1.29, 1.82) is 0 Å². The first-order valence-corrected chi connectivity index (χ1v) is 7.47. The summed E-state index contributed by atoms with van der Waals surface area (Å²) in [6, 6.07) is 12.8. The Kier molecular flexibility index (Phi) is 4.10. The second-order valence-corrected chi connectivity index (χ2v) is 5.61. The van der Waals surface area contributed by atoms with Gasteiger partial charge in [-0.05, 0) is 36.2 Å². The minimum atomic E-state index is -0.560. The van der Waals surface area contributed by atoms with Crippen LogP contribution in [0.4, 0.5) is 4.39 Å². The highest BCUT2D eigenvalue weighted by atomic mass is 19.1. The van der Waals surface area contributed by atoms with Gasteiger partial charge in [-0.2, -0.15) is 0 Å². The molecular formula is C18H17FN2O2. The number of carbonyl (C=O) groups is 2. The zero-order valence-corrected chi connectivity index (χ0v) is 12.8. The summed E-state index contributed by atoms with van der Waals surface area (Å²) in [6.45, 7) is 2.46. The number of hydrogen-bond acceptors (Lipinski definition) is 2. The maximum Gasteiger partial charge on any atom is 0.255 e. The summed E-state index contributed by atoms with van der Waals surface area (Å²) in [7, 11) is 0. The van der Waals surface area contributed by atoms with Crippen LogP contribution in [-0.4, -0.2) is 22.8 Å². The van der Waals surface area contributed by atoms with Crippen molar-refractivity contribution in [3.05, 3.63) is 71.0 Å². The summed E-state index contributed by atoms with van der Waals surface area (Å²) in [5.74, 6) is -0.658. The lowest BCUT2D eigenvalue weighted by atomic mass is 10.1. The fourth-order valence-corrected chi connectivity index (χ4v) is 2.67. The van der Waals surface area contributed by atoms with Gasteiger partial charge in [0.1, 0.15) is 11.9 Å². The number of nitrogens with zero attached hydrogens (tertiary/aromatic N) is 1. The van der Waals surface area contributed by atoms with Crippen LogP contribution in [0, 0.1) is 5.82 Å². The van der Waals surface area contributed by atoms with Crippen molar-refractivity contribution in [2.75, 3.05) is 0 Å². The summed E-state index contributed by atoms with van der Waals surface area (Å²) in [6.07, 6.45) is 0. The third kappa shape index (κ3) is 3.08. The third-order valence-electron chi connectivity index (χ3n) is 4.08. The van der Waals surface area contributed by atoms with E-state index < -0.39 is 6.04 Å². The zero-order chi connectivity index (χ0) is 16.4. The Labute approximate surface area is 133 Å². The van der Waals surface area contributed by atoms with Crippen molar-refractivity contribution in [3.8, 4) is 0 Å². The van der Waals surface area contributed by atoms with Crippen LogP contribution in [0.5, 0.6) is 0 Å². The highest BCUT2D eigenvalue weighted by molar-refractivity contribution is 6.00. The normalized spacial score (nSPS) is 14.5. The predicted octanol–water partition coefficient (Wildman–Crippen LogP) is 2.49. The van der Waals surface area contributed by atoms with Gasteiger partial charge in [0.05, 0.1) is 0 Å². The van der Waals surface area contributed by atoms with Gasteiger partial charge in [-0.15, -0.1) is 0 Å². The molecule has 0 saturated heterocycles. The summed E-state index contributed by atoms with van der Waals surface area (Å²) >= 11 is 0. The minimum absolute atomic E-state index is 0.120. The molecule has 1 aliphatic heterocycles. The van der Waals surface area contributed by atoms with Gasteiger partial charge in [-0.1, -0.05) is 30.3 Å².